The Balaban J connectivity index is 1.65. The van der Waals surface area contributed by atoms with E-state index < -0.39 is 15.9 Å². The van der Waals surface area contributed by atoms with Crippen molar-refractivity contribution in [1.82, 2.24) is 9.21 Å². The number of carbonyl (C=O) groups is 1. The lowest BCUT2D eigenvalue weighted by Crippen LogP contribution is -2.46. The van der Waals surface area contributed by atoms with E-state index in [2.05, 4.69) is 22.0 Å². The fourth-order valence-electron chi connectivity index (χ4n) is 4.03. The molecule has 1 amide bonds. The number of aryl methyl sites for hydroxylation is 1. The first kappa shape index (κ1) is 22.8. The number of carbonyl (C=O) groups excluding carboxylic acids is 1. The number of hydrogen-bond acceptors (Lipinski definition) is 7. The van der Waals surface area contributed by atoms with Crippen molar-refractivity contribution in [3.63, 3.8) is 0 Å². The number of sulfonamides is 1. The number of furan rings is 1. The summed E-state index contributed by atoms with van der Waals surface area (Å²) < 4.78 is 38.5. The van der Waals surface area contributed by atoms with Crippen LogP contribution in [0.1, 0.15) is 23.2 Å². The van der Waals surface area contributed by atoms with Gasteiger partial charge >= 0.3 is 0 Å². The molecule has 0 saturated carbocycles. The van der Waals surface area contributed by atoms with Gasteiger partial charge in [0.05, 0.1) is 29.5 Å². The highest BCUT2D eigenvalue weighted by atomic mass is 32.2. The van der Waals surface area contributed by atoms with Crippen molar-refractivity contribution in [2.45, 2.75) is 18.7 Å². The third kappa shape index (κ3) is 4.83. The quantitative estimate of drug-likeness (QED) is 0.702. The Hall–Kier alpha value is -2.40. The molecule has 0 bridgehead atoms. The molecular formula is C22H30N4O5S. The second-order valence-electron chi connectivity index (χ2n) is 7.98. The molecular weight excluding hydrogens is 432 g/mol. The molecule has 1 N–H and O–H groups in total. The fourth-order valence-corrected chi connectivity index (χ4v) is 5.47. The van der Waals surface area contributed by atoms with Gasteiger partial charge in [-0.2, -0.15) is 4.31 Å². The Labute approximate surface area is 189 Å². The molecule has 1 aromatic carbocycles. The van der Waals surface area contributed by atoms with Crippen LogP contribution in [0, 0.1) is 6.92 Å². The molecule has 0 radical (unpaired) electrons. The van der Waals surface area contributed by atoms with E-state index in [0.29, 0.717) is 37.8 Å². The molecule has 2 saturated heterocycles. The minimum atomic E-state index is -3.69. The van der Waals surface area contributed by atoms with Gasteiger partial charge in [0.15, 0.2) is 5.76 Å². The Bertz CT molecular complexity index is 1050. The first-order valence-electron chi connectivity index (χ1n) is 11.0. The van der Waals surface area contributed by atoms with Crippen molar-refractivity contribution in [3.8, 4) is 0 Å². The minimum Gasteiger partial charge on any atom is -0.456 e. The van der Waals surface area contributed by atoms with Gasteiger partial charge in [-0.05, 0) is 43.8 Å². The lowest BCUT2D eigenvalue weighted by atomic mass is 10.2. The molecule has 174 valence electrons. The number of anilines is 2. The monoisotopic (exact) mass is 462 g/mol. The average Bonchev–Trinajstić information content (AvgIpc) is 3.26. The van der Waals surface area contributed by atoms with Crippen molar-refractivity contribution in [3.05, 3.63) is 41.9 Å². The Morgan fingerprint density at radius 2 is 1.75 bits per heavy atom. The van der Waals surface area contributed by atoms with Gasteiger partial charge in [-0.25, -0.2) is 8.42 Å². The predicted molar refractivity (Wildman–Crippen MR) is 122 cm³/mol. The molecule has 2 fully saturated rings. The summed E-state index contributed by atoms with van der Waals surface area (Å²) in [5, 5.41) is 2.88. The van der Waals surface area contributed by atoms with Gasteiger partial charge in [-0.3, -0.25) is 4.79 Å². The summed E-state index contributed by atoms with van der Waals surface area (Å²) in [4.78, 5) is 17.5. The number of amides is 1. The van der Waals surface area contributed by atoms with Crippen molar-refractivity contribution in [1.29, 1.82) is 0 Å². The third-order valence-corrected chi connectivity index (χ3v) is 7.84. The minimum absolute atomic E-state index is 0.154. The van der Waals surface area contributed by atoms with E-state index in [0.717, 1.165) is 38.4 Å². The van der Waals surface area contributed by atoms with E-state index in [1.165, 1.54) is 4.31 Å². The topological polar surface area (TPSA) is 95.3 Å². The SMILES string of the molecule is CCN1CCN(c2ccc(S(=O)(=O)N3CCOCC3)cc2NC(=O)c2ccc(C)o2)CC1. The van der Waals surface area contributed by atoms with Crippen LogP contribution in [0.2, 0.25) is 0 Å². The molecule has 3 heterocycles. The van der Waals surface area contributed by atoms with E-state index in [4.69, 9.17) is 9.15 Å². The molecule has 4 rings (SSSR count). The first-order valence-corrected chi connectivity index (χ1v) is 12.4. The molecule has 32 heavy (non-hydrogen) atoms. The third-order valence-electron chi connectivity index (χ3n) is 5.95. The van der Waals surface area contributed by atoms with Crippen LogP contribution in [0.5, 0.6) is 0 Å². The van der Waals surface area contributed by atoms with E-state index in [1.807, 2.05) is 0 Å². The number of nitrogens with one attached hydrogen (secondary N) is 1. The zero-order chi connectivity index (χ0) is 22.7. The molecule has 2 aromatic rings. The highest BCUT2D eigenvalue weighted by Gasteiger charge is 2.28. The number of morpholine rings is 1. The molecule has 2 aliphatic rings. The van der Waals surface area contributed by atoms with Crippen molar-refractivity contribution < 1.29 is 22.4 Å². The van der Waals surface area contributed by atoms with E-state index in [-0.39, 0.29) is 10.7 Å². The molecule has 0 atom stereocenters. The summed E-state index contributed by atoms with van der Waals surface area (Å²) in [6, 6.07) is 8.30. The number of hydrogen-bond donors (Lipinski definition) is 1. The Kier molecular flexibility index (Phi) is 6.85. The number of piperazine rings is 1. The maximum atomic E-state index is 13.2. The highest BCUT2D eigenvalue weighted by molar-refractivity contribution is 7.89. The van der Waals surface area contributed by atoms with Gasteiger partial charge in [0.1, 0.15) is 5.76 Å². The molecule has 0 spiro atoms. The standard InChI is InChI=1S/C22H30N4O5S/c1-3-24-8-10-25(11-9-24)20-6-5-18(32(28,29)26-12-14-30-15-13-26)16-19(20)23-22(27)21-7-4-17(2)31-21/h4-7,16H,3,8-15H2,1-2H3,(H,23,27). The van der Waals surface area contributed by atoms with Crippen molar-refractivity contribution in [2.75, 3.05) is 69.2 Å². The number of likely N-dealkylation sites (N-methyl/N-ethyl adjacent to an activating group) is 1. The zero-order valence-corrected chi connectivity index (χ0v) is 19.4. The zero-order valence-electron chi connectivity index (χ0n) is 18.5. The molecule has 0 unspecified atom stereocenters. The van der Waals surface area contributed by atoms with Crippen LogP contribution in [0.25, 0.3) is 0 Å². The average molecular weight is 463 g/mol. The van der Waals surface area contributed by atoms with Crippen LogP contribution in [0.4, 0.5) is 11.4 Å². The number of ether oxygens (including phenoxy) is 1. The van der Waals surface area contributed by atoms with Gasteiger partial charge in [0.25, 0.3) is 5.91 Å². The maximum absolute atomic E-state index is 13.2. The Morgan fingerprint density at radius 1 is 1.03 bits per heavy atom. The van der Waals surface area contributed by atoms with Gasteiger partial charge in [0.2, 0.25) is 10.0 Å². The normalized spacial score (nSPS) is 18.6. The van der Waals surface area contributed by atoms with Crippen molar-refractivity contribution in [2.24, 2.45) is 0 Å². The van der Waals surface area contributed by atoms with Gasteiger partial charge < -0.3 is 24.3 Å². The Morgan fingerprint density at radius 3 is 2.38 bits per heavy atom. The summed E-state index contributed by atoms with van der Waals surface area (Å²) in [6.07, 6.45) is 0. The van der Waals surface area contributed by atoms with E-state index >= 15 is 0 Å². The summed E-state index contributed by atoms with van der Waals surface area (Å²) in [5.41, 5.74) is 1.27. The molecule has 1 aromatic heterocycles. The molecule has 2 aliphatic heterocycles. The largest absolute Gasteiger partial charge is 0.456 e. The van der Waals surface area contributed by atoms with Crippen LogP contribution in [-0.4, -0.2) is 82.6 Å². The summed E-state index contributed by atoms with van der Waals surface area (Å²) in [7, 11) is -3.69. The molecule has 0 aliphatic carbocycles. The number of nitrogens with zero attached hydrogens (tertiary/aromatic N) is 3. The number of rotatable bonds is 6. The van der Waals surface area contributed by atoms with Gasteiger partial charge in [-0.1, -0.05) is 6.92 Å². The van der Waals surface area contributed by atoms with Gasteiger partial charge in [-0.15, -0.1) is 0 Å². The van der Waals surface area contributed by atoms with Crippen LogP contribution in [0.3, 0.4) is 0 Å². The maximum Gasteiger partial charge on any atom is 0.291 e. The molecule has 10 heteroatoms. The fraction of sp³-hybridized carbons (Fsp3) is 0.500. The van der Waals surface area contributed by atoms with Crippen LogP contribution < -0.4 is 10.2 Å². The first-order chi connectivity index (χ1) is 15.4. The lowest BCUT2D eigenvalue weighted by Gasteiger charge is -2.36. The van der Waals surface area contributed by atoms with Gasteiger partial charge in [0, 0.05) is 39.3 Å². The summed E-state index contributed by atoms with van der Waals surface area (Å²) in [6.45, 7) is 9.70. The number of benzene rings is 1. The van der Waals surface area contributed by atoms with Crippen LogP contribution in [0.15, 0.2) is 39.6 Å². The van der Waals surface area contributed by atoms with Crippen LogP contribution in [-0.2, 0) is 14.8 Å². The summed E-state index contributed by atoms with van der Waals surface area (Å²) >= 11 is 0. The second kappa shape index (κ2) is 9.62. The smallest absolute Gasteiger partial charge is 0.291 e. The van der Waals surface area contributed by atoms with E-state index in [1.54, 1.807) is 37.3 Å². The summed E-state index contributed by atoms with van der Waals surface area (Å²) in [5.74, 6) is 0.410. The van der Waals surface area contributed by atoms with E-state index in [9.17, 15) is 13.2 Å². The van der Waals surface area contributed by atoms with Crippen molar-refractivity contribution >= 4 is 27.3 Å². The highest BCUT2D eigenvalue weighted by Crippen LogP contribution is 2.32. The lowest BCUT2D eigenvalue weighted by molar-refractivity contribution is 0.0730. The van der Waals surface area contributed by atoms with Crippen LogP contribution >= 0.6 is 0 Å². The predicted octanol–water partition coefficient (Wildman–Crippen LogP) is 2.00. The molecule has 9 nitrogen and oxygen atoms in total. The second-order valence-corrected chi connectivity index (χ2v) is 9.92.